The summed E-state index contributed by atoms with van der Waals surface area (Å²) in [4.78, 5) is 0. The third kappa shape index (κ3) is 0.630. The first-order valence-electron chi connectivity index (χ1n) is 14.1. The molecule has 29 heavy (non-hydrogen) atoms. The van der Waals surface area contributed by atoms with Crippen molar-refractivity contribution >= 4 is 0 Å². The van der Waals surface area contributed by atoms with Crippen molar-refractivity contribution in [1.29, 1.82) is 0 Å². The summed E-state index contributed by atoms with van der Waals surface area (Å²) in [6.07, 6.45) is 3.43. The van der Waals surface area contributed by atoms with Gasteiger partial charge in [0.25, 0.3) is 0 Å². The number of rotatable bonds is 0. The van der Waals surface area contributed by atoms with Gasteiger partial charge in [-0.25, -0.2) is 0 Å². The number of epoxide rings is 1. The van der Waals surface area contributed by atoms with Gasteiger partial charge in [0.1, 0.15) is 11.2 Å². The number of hydrogen-bond donors (Lipinski definition) is 0. The van der Waals surface area contributed by atoms with Crippen molar-refractivity contribution in [1.82, 2.24) is 0 Å². The first-order valence-corrected chi connectivity index (χ1v) is 14.1. The van der Waals surface area contributed by atoms with Gasteiger partial charge in [-0.15, -0.1) is 0 Å². The van der Waals surface area contributed by atoms with Gasteiger partial charge in [0, 0.05) is 0 Å². The van der Waals surface area contributed by atoms with Gasteiger partial charge >= 0.3 is 0 Å². The van der Waals surface area contributed by atoms with Crippen LogP contribution in [-0.4, -0.2) is 11.2 Å². The highest BCUT2D eigenvalue weighted by Gasteiger charge is 3.07. The fourth-order valence-electron chi connectivity index (χ4n) is 20.7. The molecule has 16 saturated carbocycles. The van der Waals surface area contributed by atoms with Crippen LogP contribution < -0.4 is 0 Å². The molecule has 17 aliphatic rings. The standard InChI is InChI=1S/C28H28O/c1-3-7-9-4(1)10-8(3)16-15(7)23-17(9)18(10)24(16)28-26-20-12-5-2-6-13-11(5)19(20)25(27(23,28)29-28)21(13)22(26)14(6)12/h3-26H,1-2H2. The van der Waals surface area contributed by atoms with Crippen molar-refractivity contribution < 1.29 is 4.74 Å². The second-order valence-electron chi connectivity index (χ2n) is 16.2. The van der Waals surface area contributed by atoms with Gasteiger partial charge in [0.2, 0.25) is 0 Å². The van der Waals surface area contributed by atoms with Crippen LogP contribution in [0.25, 0.3) is 0 Å². The van der Waals surface area contributed by atoms with Crippen LogP contribution in [0.15, 0.2) is 0 Å². The lowest BCUT2D eigenvalue weighted by molar-refractivity contribution is -0.153. The second-order valence-corrected chi connectivity index (χ2v) is 16.2. The van der Waals surface area contributed by atoms with Crippen molar-refractivity contribution in [3.63, 3.8) is 0 Å². The van der Waals surface area contributed by atoms with Gasteiger partial charge < -0.3 is 4.74 Å². The van der Waals surface area contributed by atoms with Gasteiger partial charge in [0.05, 0.1) is 0 Å². The van der Waals surface area contributed by atoms with Gasteiger partial charge in [-0.1, -0.05) is 0 Å². The third-order valence-corrected chi connectivity index (χ3v) is 18.4. The highest BCUT2D eigenvalue weighted by Crippen LogP contribution is 3.04. The molecule has 8 bridgehead atoms. The van der Waals surface area contributed by atoms with E-state index in [1.54, 1.807) is 12.8 Å². The minimum Gasteiger partial charge on any atom is -0.361 e. The molecule has 146 valence electrons. The monoisotopic (exact) mass is 380 g/mol. The zero-order valence-corrected chi connectivity index (χ0v) is 16.7. The molecule has 0 radical (unpaired) electrons. The number of hydrogen-bond acceptors (Lipinski definition) is 1. The smallest absolute Gasteiger partial charge is 0.105 e. The summed E-state index contributed by atoms with van der Waals surface area (Å²) in [5.74, 6) is 28.9. The lowest BCUT2D eigenvalue weighted by atomic mass is 9.36. The molecule has 1 saturated heterocycles. The Balaban J connectivity index is 1.12. The van der Waals surface area contributed by atoms with Crippen LogP contribution in [0.1, 0.15) is 12.8 Å². The molecule has 16 unspecified atom stereocenters. The quantitative estimate of drug-likeness (QED) is 0.588. The topological polar surface area (TPSA) is 12.5 Å². The minimum absolute atomic E-state index is 0.508. The molecule has 0 N–H and O–H groups in total. The van der Waals surface area contributed by atoms with Crippen LogP contribution in [0.2, 0.25) is 0 Å². The first kappa shape index (κ1) is 12.3. The van der Waals surface area contributed by atoms with Crippen LogP contribution in [0.4, 0.5) is 0 Å². The molecule has 1 heterocycles. The molecule has 0 aromatic rings. The lowest BCUT2D eigenvalue weighted by Crippen LogP contribution is -2.71. The molecule has 0 spiro atoms. The Hall–Kier alpha value is -0.0400. The van der Waals surface area contributed by atoms with E-state index in [4.69, 9.17) is 4.74 Å². The molecule has 16 atom stereocenters. The van der Waals surface area contributed by atoms with Gasteiger partial charge in [-0.2, -0.15) is 0 Å². The summed E-state index contributed by atoms with van der Waals surface area (Å²) in [5, 5.41) is 0. The summed E-state index contributed by atoms with van der Waals surface area (Å²) in [6.45, 7) is 0. The average Bonchev–Trinajstić information content (AvgIpc) is 3.43. The summed E-state index contributed by atoms with van der Waals surface area (Å²) >= 11 is 0. The fourth-order valence-corrected chi connectivity index (χ4v) is 20.7. The van der Waals surface area contributed by atoms with Crippen LogP contribution in [0.3, 0.4) is 0 Å². The molecule has 17 rings (SSSR count). The molecule has 1 aliphatic heterocycles. The van der Waals surface area contributed by atoms with Crippen LogP contribution in [0, 0.1) is 142 Å². The van der Waals surface area contributed by atoms with Gasteiger partial charge in [-0.05, 0) is 155 Å². The normalized spacial score (nSPS) is 105. The van der Waals surface area contributed by atoms with E-state index in [2.05, 4.69) is 0 Å². The Morgan fingerprint density at radius 2 is 0.586 bits per heavy atom. The summed E-state index contributed by atoms with van der Waals surface area (Å²) in [6, 6.07) is 0. The largest absolute Gasteiger partial charge is 0.361 e. The van der Waals surface area contributed by atoms with E-state index in [9.17, 15) is 0 Å². The van der Waals surface area contributed by atoms with E-state index in [1.807, 2.05) is 0 Å². The van der Waals surface area contributed by atoms with E-state index >= 15 is 0 Å². The average molecular weight is 381 g/mol. The van der Waals surface area contributed by atoms with Gasteiger partial charge in [-0.3, -0.25) is 0 Å². The molecule has 0 aromatic carbocycles. The van der Waals surface area contributed by atoms with Crippen LogP contribution in [-0.2, 0) is 4.74 Å². The summed E-state index contributed by atoms with van der Waals surface area (Å²) in [7, 11) is 0. The third-order valence-electron chi connectivity index (χ3n) is 18.4. The van der Waals surface area contributed by atoms with E-state index in [0.29, 0.717) is 11.2 Å². The molecular weight excluding hydrogens is 352 g/mol. The summed E-state index contributed by atoms with van der Waals surface area (Å²) in [5.41, 5.74) is 1.02. The highest BCUT2D eigenvalue weighted by atomic mass is 16.6. The maximum atomic E-state index is 7.69. The zero-order valence-electron chi connectivity index (χ0n) is 16.7. The number of ether oxygens (including phenoxy) is 1. The Labute approximate surface area is 171 Å². The van der Waals surface area contributed by atoms with Crippen molar-refractivity contribution in [3.8, 4) is 0 Å². The minimum atomic E-state index is 0.508. The van der Waals surface area contributed by atoms with Crippen molar-refractivity contribution in [3.05, 3.63) is 0 Å². The predicted molar refractivity (Wildman–Crippen MR) is 99.5 cm³/mol. The Morgan fingerprint density at radius 3 is 0.828 bits per heavy atom. The molecule has 1 nitrogen and oxygen atoms in total. The molecule has 1 heteroatoms. The van der Waals surface area contributed by atoms with Crippen molar-refractivity contribution in [2.45, 2.75) is 24.0 Å². The lowest BCUT2D eigenvalue weighted by Gasteiger charge is -2.64. The molecular formula is C28H28O. The molecule has 16 aliphatic carbocycles. The highest BCUT2D eigenvalue weighted by molar-refractivity contribution is 5.53. The second kappa shape index (κ2) is 2.69. The van der Waals surface area contributed by atoms with Crippen LogP contribution >= 0.6 is 0 Å². The SMILES string of the molecule is C1C2C3C4C1C1C2C2C3C3C4C1C2C12OC31C1C3C4C5CC6C4C1C1C6C5C3C12. The molecule has 0 aromatic heterocycles. The van der Waals surface area contributed by atoms with E-state index in [1.165, 1.54) is 118 Å². The Kier molecular flexibility index (Phi) is 1.14. The molecule has 17 fully saturated rings. The van der Waals surface area contributed by atoms with E-state index in [-0.39, 0.29) is 0 Å². The van der Waals surface area contributed by atoms with E-state index in [0.717, 1.165) is 23.7 Å². The summed E-state index contributed by atoms with van der Waals surface area (Å²) < 4.78 is 7.69. The zero-order chi connectivity index (χ0) is 17.0. The van der Waals surface area contributed by atoms with Crippen molar-refractivity contribution in [2.75, 3.05) is 0 Å². The Morgan fingerprint density at radius 1 is 0.345 bits per heavy atom. The Bertz CT molecular complexity index is 897. The van der Waals surface area contributed by atoms with Crippen molar-refractivity contribution in [2.24, 2.45) is 142 Å². The maximum absolute atomic E-state index is 7.69. The predicted octanol–water partition coefficient (Wildman–Crippen LogP) is 3.25. The maximum Gasteiger partial charge on any atom is 0.105 e. The van der Waals surface area contributed by atoms with Crippen LogP contribution in [0.5, 0.6) is 0 Å². The van der Waals surface area contributed by atoms with Gasteiger partial charge in [0.15, 0.2) is 0 Å². The molecule has 0 amide bonds. The first-order chi connectivity index (χ1) is 14.4. The van der Waals surface area contributed by atoms with E-state index < -0.39 is 0 Å². The fraction of sp³-hybridized carbons (Fsp3) is 1.00.